The quantitative estimate of drug-likeness (QED) is 0.594. The summed E-state index contributed by atoms with van der Waals surface area (Å²) in [4.78, 5) is 0. The first-order valence-electron chi connectivity index (χ1n) is 8.17. The SMILES string of the molecule is Cc1cccc(-c2cc(-c3ccccc3)cc3c2OC(C)C3)c1. The number of hydrogen-bond donors (Lipinski definition) is 0. The molecule has 3 aromatic carbocycles. The Balaban J connectivity index is 1.92. The Morgan fingerprint density at radius 1 is 0.826 bits per heavy atom. The van der Waals surface area contributed by atoms with Crippen LogP contribution in [0.5, 0.6) is 5.75 Å². The summed E-state index contributed by atoms with van der Waals surface area (Å²) < 4.78 is 6.12. The van der Waals surface area contributed by atoms with E-state index in [0.29, 0.717) is 0 Å². The lowest BCUT2D eigenvalue weighted by Gasteiger charge is -2.13. The van der Waals surface area contributed by atoms with E-state index >= 15 is 0 Å². The maximum absolute atomic E-state index is 6.12. The normalized spacial score (nSPS) is 16.0. The molecule has 3 aromatic rings. The molecule has 0 aliphatic carbocycles. The summed E-state index contributed by atoms with van der Waals surface area (Å²) in [5, 5.41) is 0. The Morgan fingerprint density at radius 2 is 1.61 bits per heavy atom. The number of ether oxygens (including phenoxy) is 1. The lowest BCUT2D eigenvalue weighted by atomic mass is 9.94. The van der Waals surface area contributed by atoms with Crippen LogP contribution in [-0.4, -0.2) is 6.10 Å². The summed E-state index contributed by atoms with van der Waals surface area (Å²) in [6.45, 7) is 4.27. The third-order valence-corrected chi connectivity index (χ3v) is 4.43. The smallest absolute Gasteiger partial charge is 0.130 e. The van der Waals surface area contributed by atoms with Crippen molar-refractivity contribution < 1.29 is 4.74 Å². The Kier molecular flexibility index (Phi) is 3.42. The number of aryl methyl sites for hydroxylation is 1. The monoisotopic (exact) mass is 300 g/mol. The fourth-order valence-electron chi connectivity index (χ4n) is 3.36. The molecule has 0 spiro atoms. The van der Waals surface area contributed by atoms with Gasteiger partial charge in [-0.25, -0.2) is 0 Å². The number of benzene rings is 3. The van der Waals surface area contributed by atoms with Gasteiger partial charge in [0.25, 0.3) is 0 Å². The summed E-state index contributed by atoms with van der Waals surface area (Å²) in [5.41, 5.74) is 7.53. The van der Waals surface area contributed by atoms with E-state index in [2.05, 4.69) is 80.6 Å². The highest BCUT2D eigenvalue weighted by Crippen LogP contribution is 2.42. The van der Waals surface area contributed by atoms with Gasteiger partial charge >= 0.3 is 0 Å². The summed E-state index contributed by atoms with van der Waals surface area (Å²) in [5.74, 6) is 1.06. The van der Waals surface area contributed by atoms with Crippen LogP contribution >= 0.6 is 0 Å². The lowest BCUT2D eigenvalue weighted by molar-refractivity contribution is 0.255. The zero-order valence-corrected chi connectivity index (χ0v) is 13.5. The molecule has 0 fully saturated rings. The van der Waals surface area contributed by atoms with Crippen LogP contribution in [0.2, 0.25) is 0 Å². The Labute approximate surface area is 137 Å². The molecule has 0 aromatic heterocycles. The van der Waals surface area contributed by atoms with E-state index in [1.54, 1.807) is 0 Å². The second kappa shape index (κ2) is 5.58. The standard InChI is InChI=1S/C22H20O/c1-15-7-6-10-18(11-15)21-14-19(17-8-4-3-5-9-17)13-20-12-16(2)23-22(20)21/h3-11,13-14,16H,12H2,1-2H3. The molecule has 0 saturated heterocycles. The highest BCUT2D eigenvalue weighted by Gasteiger charge is 2.24. The van der Waals surface area contributed by atoms with Crippen molar-refractivity contribution in [2.24, 2.45) is 0 Å². The fraction of sp³-hybridized carbons (Fsp3) is 0.182. The topological polar surface area (TPSA) is 9.23 Å². The maximum Gasteiger partial charge on any atom is 0.130 e. The van der Waals surface area contributed by atoms with Gasteiger partial charge in [-0.1, -0.05) is 60.2 Å². The third kappa shape index (κ3) is 2.63. The second-order valence-electron chi connectivity index (χ2n) is 6.38. The van der Waals surface area contributed by atoms with E-state index in [1.165, 1.54) is 33.4 Å². The largest absolute Gasteiger partial charge is 0.489 e. The maximum atomic E-state index is 6.12. The van der Waals surface area contributed by atoms with E-state index in [-0.39, 0.29) is 6.10 Å². The molecule has 4 rings (SSSR count). The molecule has 1 nitrogen and oxygen atoms in total. The van der Waals surface area contributed by atoms with Gasteiger partial charge in [-0.2, -0.15) is 0 Å². The molecule has 1 atom stereocenters. The Morgan fingerprint density at radius 3 is 2.39 bits per heavy atom. The molecule has 1 aliphatic heterocycles. The number of fused-ring (bicyclic) bond motifs is 1. The van der Waals surface area contributed by atoms with Gasteiger partial charge in [0.2, 0.25) is 0 Å². The van der Waals surface area contributed by atoms with Crippen molar-refractivity contribution in [1.29, 1.82) is 0 Å². The zero-order chi connectivity index (χ0) is 15.8. The highest BCUT2D eigenvalue weighted by molar-refractivity contribution is 5.80. The van der Waals surface area contributed by atoms with Gasteiger partial charge in [0.15, 0.2) is 0 Å². The van der Waals surface area contributed by atoms with Crippen molar-refractivity contribution in [3.63, 3.8) is 0 Å². The second-order valence-corrected chi connectivity index (χ2v) is 6.38. The molecule has 1 heteroatoms. The lowest BCUT2D eigenvalue weighted by Crippen LogP contribution is -2.05. The van der Waals surface area contributed by atoms with Crippen LogP contribution in [0.15, 0.2) is 66.7 Å². The predicted octanol–water partition coefficient (Wildman–Crippen LogP) is 5.65. The van der Waals surface area contributed by atoms with E-state index in [9.17, 15) is 0 Å². The van der Waals surface area contributed by atoms with E-state index in [4.69, 9.17) is 4.74 Å². The van der Waals surface area contributed by atoms with Gasteiger partial charge in [-0.15, -0.1) is 0 Å². The first kappa shape index (κ1) is 14.1. The molecular formula is C22H20O. The van der Waals surface area contributed by atoms with Gasteiger partial charge in [0.1, 0.15) is 11.9 Å². The molecule has 114 valence electrons. The number of hydrogen-bond acceptors (Lipinski definition) is 1. The van der Waals surface area contributed by atoms with Crippen LogP contribution in [0, 0.1) is 6.92 Å². The third-order valence-electron chi connectivity index (χ3n) is 4.43. The van der Waals surface area contributed by atoms with Crippen LogP contribution in [0.4, 0.5) is 0 Å². The van der Waals surface area contributed by atoms with Crippen LogP contribution in [0.25, 0.3) is 22.3 Å². The van der Waals surface area contributed by atoms with Crippen molar-refractivity contribution in [3.8, 4) is 28.0 Å². The van der Waals surface area contributed by atoms with E-state index in [0.717, 1.165) is 12.2 Å². The van der Waals surface area contributed by atoms with Crippen molar-refractivity contribution >= 4 is 0 Å². The van der Waals surface area contributed by atoms with Crippen LogP contribution < -0.4 is 4.74 Å². The van der Waals surface area contributed by atoms with Gasteiger partial charge in [0.05, 0.1) is 0 Å². The average Bonchev–Trinajstić information content (AvgIpc) is 2.95. The first-order valence-corrected chi connectivity index (χ1v) is 8.17. The van der Waals surface area contributed by atoms with Crippen molar-refractivity contribution in [1.82, 2.24) is 0 Å². The number of rotatable bonds is 2. The molecule has 0 N–H and O–H groups in total. The van der Waals surface area contributed by atoms with Crippen LogP contribution in [-0.2, 0) is 6.42 Å². The minimum absolute atomic E-state index is 0.250. The van der Waals surface area contributed by atoms with Crippen LogP contribution in [0.3, 0.4) is 0 Å². The predicted molar refractivity (Wildman–Crippen MR) is 95.8 cm³/mol. The van der Waals surface area contributed by atoms with Gasteiger partial charge < -0.3 is 4.74 Å². The summed E-state index contributed by atoms with van der Waals surface area (Å²) in [6.07, 6.45) is 1.23. The van der Waals surface area contributed by atoms with Crippen LogP contribution in [0.1, 0.15) is 18.1 Å². The molecular weight excluding hydrogens is 280 g/mol. The molecule has 1 aliphatic rings. The summed E-state index contributed by atoms with van der Waals surface area (Å²) >= 11 is 0. The fourth-order valence-corrected chi connectivity index (χ4v) is 3.36. The molecule has 1 unspecified atom stereocenters. The van der Waals surface area contributed by atoms with Gasteiger partial charge in [-0.05, 0) is 48.2 Å². The minimum Gasteiger partial charge on any atom is -0.489 e. The molecule has 0 radical (unpaired) electrons. The molecule has 0 saturated carbocycles. The first-order chi connectivity index (χ1) is 11.2. The highest BCUT2D eigenvalue weighted by atomic mass is 16.5. The van der Waals surface area contributed by atoms with E-state index < -0.39 is 0 Å². The van der Waals surface area contributed by atoms with Crippen molar-refractivity contribution in [2.75, 3.05) is 0 Å². The van der Waals surface area contributed by atoms with E-state index in [1.807, 2.05) is 0 Å². The Bertz CT molecular complexity index is 849. The summed E-state index contributed by atoms with van der Waals surface area (Å²) in [6, 6.07) is 23.8. The van der Waals surface area contributed by atoms with Gasteiger partial charge in [-0.3, -0.25) is 0 Å². The van der Waals surface area contributed by atoms with Crippen molar-refractivity contribution in [2.45, 2.75) is 26.4 Å². The van der Waals surface area contributed by atoms with Gasteiger partial charge in [0, 0.05) is 12.0 Å². The molecule has 0 amide bonds. The summed E-state index contributed by atoms with van der Waals surface area (Å²) in [7, 11) is 0. The van der Waals surface area contributed by atoms with Crippen molar-refractivity contribution in [3.05, 3.63) is 77.9 Å². The average molecular weight is 300 g/mol. The molecule has 23 heavy (non-hydrogen) atoms. The molecule has 1 heterocycles. The minimum atomic E-state index is 0.250. The Hall–Kier alpha value is -2.54. The zero-order valence-electron chi connectivity index (χ0n) is 13.5. The molecule has 0 bridgehead atoms.